The van der Waals surface area contributed by atoms with Crippen LogP contribution in [-0.2, 0) is 10.0 Å². The monoisotopic (exact) mass is 353 g/mol. The third-order valence-electron chi connectivity index (χ3n) is 3.60. The molecule has 4 nitrogen and oxygen atoms in total. The van der Waals surface area contributed by atoms with E-state index >= 15 is 0 Å². The van der Waals surface area contributed by atoms with Crippen LogP contribution in [0.3, 0.4) is 0 Å². The number of halogens is 1. The van der Waals surface area contributed by atoms with Gasteiger partial charge < -0.3 is 4.74 Å². The standard InChI is InChI=1S/C17H20ClNO3S/c1-4-15(13-7-5-12(2)6-8-13)19-23(20,21)17-11-14(18)9-10-16(17)22-3/h5-11,15,19H,4H2,1-3H3. The molecule has 0 fully saturated rings. The number of rotatable bonds is 6. The van der Waals surface area contributed by atoms with E-state index in [1.807, 2.05) is 38.1 Å². The van der Waals surface area contributed by atoms with Crippen LogP contribution >= 0.6 is 11.6 Å². The second-order valence-corrected chi connectivity index (χ2v) is 7.41. The van der Waals surface area contributed by atoms with Crippen LogP contribution in [-0.4, -0.2) is 15.5 Å². The quantitative estimate of drug-likeness (QED) is 0.851. The molecule has 0 aliphatic rings. The number of hydrogen-bond donors (Lipinski definition) is 1. The maximum absolute atomic E-state index is 12.7. The minimum Gasteiger partial charge on any atom is -0.495 e. The molecule has 0 radical (unpaired) electrons. The Hall–Kier alpha value is -1.56. The Morgan fingerprint density at radius 3 is 2.39 bits per heavy atom. The van der Waals surface area contributed by atoms with E-state index in [0.717, 1.165) is 11.1 Å². The lowest BCUT2D eigenvalue weighted by Gasteiger charge is -2.19. The Labute approximate surface area is 142 Å². The fourth-order valence-corrected chi connectivity index (χ4v) is 4.04. The van der Waals surface area contributed by atoms with Crippen molar-refractivity contribution in [2.45, 2.75) is 31.2 Å². The molecular weight excluding hydrogens is 334 g/mol. The van der Waals surface area contributed by atoms with Gasteiger partial charge in [0.2, 0.25) is 10.0 Å². The average Bonchev–Trinajstić information content (AvgIpc) is 2.53. The fourth-order valence-electron chi connectivity index (χ4n) is 2.30. The van der Waals surface area contributed by atoms with Crippen LogP contribution in [0.1, 0.15) is 30.5 Å². The lowest BCUT2D eigenvalue weighted by molar-refractivity contribution is 0.402. The minimum atomic E-state index is -3.75. The Kier molecular flexibility index (Phi) is 5.68. The minimum absolute atomic E-state index is 0.0399. The molecule has 0 aliphatic carbocycles. The summed E-state index contributed by atoms with van der Waals surface area (Å²) in [5, 5.41) is 0.342. The second kappa shape index (κ2) is 7.34. The predicted octanol–water partition coefficient (Wildman–Crippen LogP) is 4.09. The molecule has 0 aromatic heterocycles. The molecule has 6 heteroatoms. The van der Waals surface area contributed by atoms with E-state index in [9.17, 15) is 8.42 Å². The van der Waals surface area contributed by atoms with Crippen molar-refractivity contribution in [3.63, 3.8) is 0 Å². The molecule has 2 aromatic carbocycles. The molecule has 23 heavy (non-hydrogen) atoms. The first-order valence-electron chi connectivity index (χ1n) is 7.30. The Balaban J connectivity index is 2.36. The SMILES string of the molecule is CCC(NS(=O)(=O)c1cc(Cl)ccc1OC)c1ccc(C)cc1. The van der Waals surface area contributed by atoms with Crippen molar-refractivity contribution in [1.29, 1.82) is 0 Å². The van der Waals surface area contributed by atoms with Gasteiger partial charge in [-0.05, 0) is 37.1 Å². The van der Waals surface area contributed by atoms with Crippen molar-refractivity contribution in [3.8, 4) is 5.75 Å². The van der Waals surface area contributed by atoms with Crippen LogP contribution in [0.2, 0.25) is 5.02 Å². The summed E-state index contributed by atoms with van der Waals surface area (Å²) in [5.74, 6) is 0.264. The summed E-state index contributed by atoms with van der Waals surface area (Å²) in [4.78, 5) is 0.0399. The van der Waals surface area contributed by atoms with Crippen molar-refractivity contribution in [2.24, 2.45) is 0 Å². The normalized spacial score (nSPS) is 12.9. The van der Waals surface area contributed by atoms with Crippen molar-refractivity contribution < 1.29 is 13.2 Å². The first kappa shape index (κ1) is 17.8. The maximum Gasteiger partial charge on any atom is 0.244 e. The third-order valence-corrected chi connectivity index (χ3v) is 5.33. The average molecular weight is 354 g/mol. The third kappa shape index (κ3) is 4.25. The highest BCUT2D eigenvalue weighted by Crippen LogP contribution is 2.29. The molecular formula is C17H20ClNO3S. The highest BCUT2D eigenvalue weighted by molar-refractivity contribution is 7.89. The molecule has 0 heterocycles. The van der Waals surface area contributed by atoms with Crippen molar-refractivity contribution in [2.75, 3.05) is 7.11 Å². The van der Waals surface area contributed by atoms with Gasteiger partial charge in [0.25, 0.3) is 0 Å². The summed E-state index contributed by atoms with van der Waals surface area (Å²) in [6.07, 6.45) is 0.630. The predicted molar refractivity (Wildman–Crippen MR) is 92.5 cm³/mol. The fraction of sp³-hybridized carbons (Fsp3) is 0.294. The molecule has 2 rings (SSSR count). The van der Waals surface area contributed by atoms with Crippen molar-refractivity contribution in [1.82, 2.24) is 4.72 Å². The zero-order chi connectivity index (χ0) is 17.0. The van der Waals surface area contributed by atoms with Crippen LogP contribution in [0.25, 0.3) is 0 Å². The van der Waals surface area contributed by atoms with Gasteiger partial charge in [0.05, 0.1) is 7.11 Å². The summed E-state index contributed by atoms with van der Waals surface area (Å²) >= 11 is 5.94. The summed E-state index contributed by atoms with van der Waals surface area (Å²) < 4.78 is 33.3. The topological polar surface area (TPSA) is 55.4 Å². The molecule has 0 saturated heterocycles. The van der Waals surface area contributed by atoms with E-state index in [1.54, 1.807) is 12.1 Å². The summed E-state index contributed by atoms with van der Waals surface area (Å²) in [7, 11) is -2.32. The van der Waals surface area contributed by atoms with E-state index in [0.29, 0.717) is 11.4 Å². The van der Waals surface area contributed by atoms with E-state index < -0.39 is 10.0 Å². The van der Waals surface area contributed by atoms with Crippen LogP contribution < -0.4 is 9.46 Å². The van der Waals surface area contributed by atoms with Crippen LogP contribution in [0.5, 0.6) is 5.75 Å². The second-order valence-electron chi connectivity index (χ2n) is 5.29. The molecule has 0 aliphatic heterocycles. The Morgan fingerprint density at radius 1 is 1.17 bits per heavy atom. The summed E-state index contributed by atoms with van der Waals surface area (Å²) in [6.45, 7) is 3.92. The first-order chi connectivity index (χ1) is 10.9. The summed E-state index contributed by atoms with van der Waals surface area (Å²) in [5.41, 5.74) is 2.05. The number of ether oxygens (including phenoxy) is 1. The molecule has 0 amide bonds. The van der Waals surface area contributed by atoms with Gasteiger partial charge in [-0.3, -0.25) is 0 Å². The number of sulfonamides is 1. The molecule has 0 saturated carbocycles. The number of nitrogens with one attached hydrogen (secondary N) is 1. The number of benzene rings is 2. The summed E-state index contributed by atoms with van der Waals surface area (Å²) in [6, 6.07) is 12.0. The van der Waals surface area contributed by atoms with Gasteiger partial charge in [0.15, 0.2) is 0 Å². The van der Waals surface area contributed by atoms with E-state index in [2.05, 4.69) is 4.72 Å². The van der Waals surface area contributed by atoms with Gasteiger partial charge in [0.1, 0.15) is 10.6 Å². The van der Waals surface area contributed by atoms with Gasteiger partial charge in [-0.25, -0.2) is 13.1 Å². The van der Waals surface area contributed by atoms with Gasteiger partial charge in [-0.2, -0.15) is 0 Å². The largest absolute Gasteiger partial charge is 0.495 e. The molecule has 1 unspecified atom stereocenters. The van der Waals surface area contributed by atoms with Crippen LogP contribution in [0, 0.1) is 6.92 Å². The van der Waals surface area contributed by atoms with E-state index in [-0.39, 0.29) is 16.7 Å². The van der Waals surface area contributed by atoms with Gasteiger partial charge in [-0.15, -0.1) is 0 Å². The van der Waals surface area contributed by atoms with Crippen molar-refractivity contribution in [3.05, 3.63) is 58.6 Å². The van der Waals surface area contributed by atoms with E-state index in [1.165, 1.54) is 13.2 Å². The van der Waals surface area contributed by atoms with E-state index in [4.69, 9.17) is 16.3 Å². The van der Waals surface area contributed by atoms with Crippen molar-refractivity contribution >= 4 is 21.6 Å². The highest BCUT2D eigenvalue weighted by atomic mass is 35.5. The molecule has 1 N–H and O–H groups in total. The molecule has 124 valence electrons. The highest BCUT2D eigenvalue weighted by Gasteiger charge is 2.24. The molecule has 1 atom stereocenters. The van der Waals surface area contributed by atoms with Crippen LogP contribution in [0.15, 0.2) is 47.4 Å². The number of methoxy groups -OCH3 is 1. The number of aryl methyl sites for hydroxylation is 1. The smallest absolute Gasteiger partial charge is 0.244 e. The van der Waals surface area contributed by atoms with Gasteiger partial charge in [-0.1, -0.05) is 48.4 Å². The lowest BCUT2D eigenvalue weighted by atomic mass is 10.0. The first-order valence-corrected chi connectivity index (χ1v) is 9.16. The Morgan fingerprint density at radius 2 is 1.83 bits per heavy atom. The molecule has 2 aromatic rings. The zero-order valence-corrected chi connectivity index (χ0v) is 14.9. The lowest BCUT2D eigenvalue weighted by Crippen LogP contribution is -2.28. The molecule has 0 bridgehead atoms. The van der Waals surface area contributed by atoms with Crippen LogP contribution in [0.4, 0.5) is 0 Å². The molecule has 0 spiro atoms. The Bertz CT molecular complexity index is 773. The van der Waals surface area contributed by atoms with Gasteiger partial charge in [0, 0.05) is 11.1 Å². The maximum atomic E-state index is 12.7. The zero-order valence-electron chi connectivity index (χ0n) is 13.3. The van der Waals surface area contributed by atoms with Gasteiger partial charge >= 0.3 is 0 Å². The number of hydrogen-bond acceptors (Lipinski definition) is 3.